The molecule has 114 valence electrons. The van der Waals surface area contributed by atoms with E-state index in [2.05, 4.69) is 5.32 Å². The summed E-state index contributed by atoms with van der Waals surface area (Å²) in [4.78, 5) is 24.5. The number of anilines is 2. The fraction of sp³-hybridized carbons (Fsp3) is 0.125. The highest BCUT2D eigenvalue weighted by Crippen LogP contribution is 2.19. The lowest BCUT2D eigenvalue weighted by molar-refractivity contribution is -0.135. The Kier molecular flexibility index (Phi) is 5.38. The third-order valence-corrected chi connectivity index (χ3v) is 3.13. The van der Waals surface area contributed by atoms with Crippen LogP contribution in [0.3, 0.4) is 0 Å². The van der Waals surface area contributed by atoms with Gasteiger partial charge in [-0.2, -0.15) is 0 Å². The highest BCUT2D eigenvalue weighted by Gasteiger charge is 2.15. The van der Waals surface area contributed by atoms with Crippen LogP contribution in [0.2, 0.25) is 5.02 Å². The molecule has 0 aliphatic heterocycles. The predicted octanol–water partition coefficient (Wildman–Crippen LogP) is 2.87. The first kappa shape index (κ1) is 15.9. The lowest BCUT2D eigenvalue weighted by Gasteiger charge is -2.22. The molecule has 0 fully saturated rings. The number of amides is 1. The molecule has 5 nitrogen and oxygen atoms in total. The molecule has 2 N–H and O–H groups in total. The van der Waals surface area contributed by atoms with Gasteiger partial charge in [-0.05, 0) is 30.3 Å². The Morgan fingerprint density at radius 2 is 1.77 bits per heavy atom. The molecule has 0 atom stereocenters. The molecule has 0 saturated carbocycles. The zero-order valence-electron chi connectivity index (χ0n) is 11.7. The molecule has 0 radical (unpaired) electrons. The van der Waals surface area contributed by atoms with Crippen LogP contribution in [-0.4, -0.2) is 30.1 Å². The molecule has 0 aromatic heterocycles. The average molecular weight is 319 g/mol. The number of aliphatic carboxylic acids is 1. The van der Waals surface area contributed by atoms with Crippen molar-refractivity contribution < 1.29 is 14.7 Å². The van der Waals surface area contributed by atoms with Crippen LogP contribution in [0.25, 0.3) is 0 Å². The second-order valence-electron chi connectivity index (χ2n) is 4.64. The van der Waals surface area contributed by atoms with Crippen LogP contribution in [0.15, 0.2) is 54.6 Å². The Bertz CT molecular complexity index is 661. The number of hydrogen-bond acceptors (Lipinski definition) is 3. The fourth-order valence-corrected chi connectivity index (χ4v) is 2.15. The second kappa shape index (κ2) is 7.47. The van der Waals surface area contributed by atoms with E-state index in [0.717, 1.165) is 0 Å². The van der Waals surface area contributed by atoms with Gasteiger partial charge in [-0.15, -0.1) is 0 Å². The quantitative estimate of drug-likeness (QED) is 0.859. The lowest BCUT2D eigenvalue weighted by atomic mass is 10.2. The molecular formula is C16H15ClN2O3. The standard InChI is InChI=1S/C16H15ClN2O3/c17-12-5-4-8-14(9-12)19(11-16(21)22)10-15(20)18-13-6-2-1-3-7-13/h1-9H,10-11H2,(H,18,20)(H,21,22). The highest BCUT2D eigenvalue weighted by molar-refractivity contribution is 6.30. The molecule has 0 aliphatic rings. The number of para-hydroxylation sites is 1. The minimum Gasteiger partial charge on any atom is -0.480 e. The molecule has 2 aromatic carbocycles. The van der Waals surface area contributed by atoms with Crippen LogP contribution in [0, 0.1) is 0 Å². The monoisotopic (exact) mass is 318 g/mol. The van der Waals surface area contributed by atoms with Crippen LogP contribution in [0.4, 0.5) is 11.4 Å². The summed E-state index contributed by atoms with van der Waals surface area (Å²) in [5, 5.41) is 12.2. The van der Waals surface area contributed by atoms with Crippen molar-refractivity contribution in [3.63, 3.8) is 0 Å². The smallest absolute Gasteiger partial charge is 0.323 e. The Labute approximate surface area is 133 Å². The van der Waals surface area contributed by atoms with E-state index in [4.69, 9.17) is 16.7 Å². The third kappa shape index (κ3) is 4.79. The largest absolute Gasteiger partial charge is 0.480 e. The fourth-order valence-electron chi connectivity index (χ4n) is 1.97. The summed E-state index contributed by atoms with van der Waals surface area (Å²) >= 11 is 5.92. The number of rotatable bonds is 6. The van der Waals surface area contributed by atoms with Gasteiger partial charge in [-0.25, -0.2) is 0 Å². The summed E-state index contributed by atoms with van der Waals surface area (Å²) in [7, 11) is 0. The molecule has 2 aromatic rings. The summed E-state index contributed by atoms with van der Waals surface area (Å²) in [6, 6.07) is 15.7. The third-order valence-electron chi connectivity index (χ3n) is 2.89. The van der Waals surface area contributed by atoms with Crippen molar-refractivity contribution in [2.24, 2.45) is 0 Å². The maximum absolute atomic E-state index is 12.1. The van der Waals surface area contributed by atoms with E-state index < -0.39 is 5.97 Å². The zero-order chi connectivity index (χ0) is 15.9. The summed E-state index contributed by atoms with van der Waals surface area (Å²) in [5.74, 6) is -1.32. The summed E-state index contributed by atoms with van der Waals surface area (Å²) in [6.45, 7) is -0.371. The molecule has 22 heavy (non-hydrogen) atoms. The van der Waals surface area contributed by atoms with Crippen molar-refractivity contribution in [3.8, 4) is 0 Å². The minimum absolute atomic E-state index is 0.0818. The molecule has 0 bridgehead atoms. The van der Waals surface area contributed by atoms with E-state index in [9.17, 15) is 9.59 Å². The summed E-state index contributed by atoms with van der Waals surface area (Å²) in [6.07, 6.45) is 0. The van der Waals surface area contributed by atoms with Gasteiger partial charge < -0.3 is 15.3 Å². The minimum atomic E-state index is -1.02. The van der Waals surface area contributed by atoms with Gasteiger partial charge in [0.05, 0.1) is 6.54 Å². The van der Waals surface area contributed by atoms with E-state index in [1.54, 1.807) is 36.4 Å². The maximum atomic E-state index is 12.1. The predicted molar refractivity (Wildman–Crippen MR) is 86.4 cm³/mol. The van der Waals surface area contributed by atoms with Gasteiger partial charge in [-0.3, -0.25) is 9.59 Å². The Balaban J connectivity index is 2.09. The van der Waals surface area contributed by atoms with Gasteiger partial charge >= 0.3 is 5.97 Å². The number of carboxylic acid groups (broad SMARTS) is 1. The van der Waals surface area contributed by atoms with Crippen LogP contribution in [-0.2, 0) is 9.59 Å². The SMILES string of the molecule is O=C(O)CN(CC(=O)Nc1ccccc1)c1cccc(Cl)c1. The van der Waals surface area contributed by atoms with E-state index in [-0.39, 0.29) is 19.0 Å². The molecule has 1 amide bonds. The summed E-state index contributed by atoms with van der Waals surface area (Å²) < 4.78 is 0. The number of carbonyl (C=O) groups excluding carboxylic acids is 1. The Morgan fingerprint density at radius 3 is 2.41 bits per heavy atom. The lowest BCUT2D eigenvalue weighted by Crippen LogP contribution is -2.37. The van der Waals surface area contributed by atoms with Crippen molar-refractivity contribution in [1.29, 1.82) is 0 Å². The zero-order valence-corrected chi connectivity index (χ0v) is 12.5. The molecule has 0 unspecified atom stereocenters. The van der Waals surface area contributed by atoms with Gasteiger partial charge in [0.2, 0.25) is 5.91 Å². The first-order valence-corrected chi connectivity index (χ1v) is 6.99. The van der Waals surface area contributed by atoms with Crippen molar-refractivity contribution in [3.05, 3.63) is 59.6 Å². The van der Waals surface area contributed by atoms with Crippen molar-refractivity contribution in [1.82, 2.24) is 0 Å². The number of nitrogens with zero attached hydrogens (tertiary/aromatic N) is 1. The molecule has 2 rings (SSSR count). The summed E-state index contributed by atoms with van der Waals surface area (Å²) in [5.41, 5.74) is 1.24. The van der Waals surface area contributed by atoms with Crippen molar-refractivity contribution in [2.75, 3.05) is 23.3 Å². The van der Waals surface area contributed by atoms with E-state index in [1.807, 2.05) is 18.2 Å². The molecule has 0 saturated heterocycles. The highest BCUT2D eigenvalue weighted by atomic mass is 35.5. The maximum Gasteiger partial charge on any atom is 0.323 e. The number of hydrogen-bond donors (Lipinski definition) is 2. The van der Waals surface area contributed by atoms with Crippen LogP contribution in [0.1, 0.15) is 0 Å². The number of halogens is 1. The van der Waals surface area contributed by atoms with Crippen molar-refractivity contribution >= 4 is 34.9 Å². The first-order chi connectivity index (χ1) is 10.5. The Hall–Kier alpha value is -2.53. The first-order valence-electron chi connectivity index (χ1n) is 6.62. The van der Waals surface area contributed by atoms with Gasteiger partial charge in [0.1, 0.15) is 6.54 Å². The van der Waals surface area contributed by atoms with Crippen LogP contribution in [0.5, 0.6) is 0 Å². The van der Waals surface area contributed by atoms with Gasteiger partial charge in [0.15, 0.2) is 0 Å². The van der Waals surface area contributed by atoms with Crippen LogP contribution >= 0.6 is 11.6 Å². The van der Waals surface area contributed by atoms with Crippen LogP contribution < -0.4 is 10.2 Å². The number of carbonyl (C=O) groups is 2. The van der Waals surface area contributed by atoms with Gasteiger partial charge in [0, 0.05) is 16.4 Å². The van der Waals surface area contributed by atoms with E-state index >= 15 is 0 Å². The molecule has 0 spiro atoms. The average Bonchev–Trinajstić information content (AvgIpc) is 2.47. The molecule has 0 heterocycles. The number of benzene rings is 2. The number of nitrogens with one attached hydrogen (secondary N) is 1. The molecular weight excluding hydrogens is 304 g/mol. The second-order valence-corrected chi connectivity index (χ2v) is 5.08. The van der Waals surface area contributed by atoms with Gasteiger partial charge in [-0.1, -0.05) is 35.9 Å². The van der Waals surface area contributed by atoms with Gasteiger partial charge in [0.25, 0.3) is 0 Å². The van der Waals surface area contributed by atoms with E-state index in [0.29, 0.717) is 16.4 Å². The topological polar surface area (TPSA) is 69.6 Å². The van der Waals surface area contributed by atoms with Crippen molar-refractivity contribution in [2.45, 2.75) is 0 Å². The molecule has 0 aliphatic carbocycles. The molecule has 6 heteroatoms. The number of carboxylic acids is 1. The Morgan fingerprint density at radius 1 is 1.05 bits per heavy atom. The van der Waals surface area contributed by atoms with E-state index in [1.165, 1.54) is 4.90 Å². The normalized spacial score (nSPS) is 10.0.